The molecule has 0 fully saturated rings. The fourth-order valence-electron chi connectivity index (χ4n) is 5.46. The second kappa shape index (κ2) is 9.72. The highest BCUT2D eigenvalue weighted by Gasteiger charge is 2.33. The molecule has 0 aliphatic carbocycles. The molecule has 206 valence electrons. The van der Waals surface area contributed by atoms with Crippen molar-refractivity contribution in [2.24, 2.45) is 0 Å². The fourth-order valence-corrected chi connectivity index (χ4v) is 5.46. The SMILES string of the molecule is CCc1cccc(CC)c1-n1nc2c(c1-c1cc(F)c(F)c3[nH]ccc13)CN(c1ncc(C(F)(F)F)cn1)CC2. The van der Waals surface area contributed by atoms with Crippen molar-refractivity contribution >= 4 is 16.9 Å². The Hall–Kier alpha value is -4.28. The van der Waals surface area contributed by atoms with Crippen LogP contribution >= 0.6 is 0 Å². The first-order valence-electron chi connectivity index (χ1n) is 13.0. The number of hydrogen-bond acceptors (Lipinski definition) is 4. The zero-order valence-corrected chi connectivity index (χ0v) is 21.8. The van der Waals surface area contributed by atoms with Gasteiger partial charge >= 0.3 is 6.18 Å². The summed E-state index contributed by atoms with van der Waals surface area (Å²) in [6, 6.07) is 8.93. The van der Waals surface area contributed by atoms with Gasteiger partial charge in [0.05, 0.1) is 28.2 Å². The van der Waals surface area contributed by atoms with E-state index in [-0.39, 0.29) is 18.0 Å². The van der Waals surface area contributed by atoms with E-state index in [1.54, 1.807) is 17.2 Å². The molecule has 1 aliphatic heterocycles. The summed E-state index contributed by atoms with van der Waals surface area (Å²) >= 11 is 0. The number of halogens is 5. The fraction of sp³-hybridized carbons (Fsp3) is 0.276. The molecule has 0 amide bonds. The average Bonchev–Trinajstić information content (AvgIpc) is 3.59. The number of anilines is 1. The molecule has 0 bridgehead atoms. The van der Waals surface area contributed by atoms with Gasteiger partial charge in [-0.05, 0) is 36.1 Å². The van der Waals surface area contributed by atoms with Crippen LogP contribution in [0.5, 0.6) is 0 Å². The molecule has 1 N–H and O–H groups in total. The number of aromatic amines is 1. The molecule has 0 saturated carbocycles. The van der Waals surface area contributed by atoms with Gasteiger partial charge in [-0.25, -0.2) is 23.4 Å². The lowest BCUT2D eigenvalue weighted by molar-refractivity contribution is -0.138. The molecule has 2 aromatic carbocycles. The number of hydrogen-bond donors (Lipinski definition) is 1. The quantitative estimate of drug-likeness (QED) is 0.244. The summed E-state index contributed by atoms with van der Waals surface area (Å²) in [4.78, 5) is 12.5. The first-order valence-corrected chi connectivity index (χ1v) is 13.0. The topological polar surface area (TPSA) is 62.6 Å². The molecule has 6 rings (SSSR count). The van der Waals surface area contributed by atoms with E-state index in [1.165, 1.54) is 6.07 Å². The Kier molecular flexibility index (Phi) is 6.31. The van der Waals surface area contributed by atoms with Crippen molar-refractivity contribution in [3.8, 4) is 16.9 Å². The van der Waals surface area contributed by atoms with Crippen LogP contribution in [-0.4, -0.2) is 31.3 Å². The Labute approximate surface area is 226 Å². The number of aromatic nitrogens is 5. The molecule has 0 atom stereocenters. The van der Waals surface area contributed by atoms with Crippen molar-refractivity contribution in [2.75, 3.05) is 11.4 Å². The number of fused-ring (bicyclic) bond motifs is 2. The van der Waals surface area contributed by atoms with Crippen molar-refractivity contribution in [2.45, 2.75) is 45.8 Å². The molecular weight excluding hydrogens is 527 g/mol. The van der Waals surface area contributed by atoms with Gasteiger partial charge < -0.3 is 9.88 Å². The zero-order valence-electron chi connectivity index (χ0n) is 21.8. The smallest absolute Gasteiger partial charge is 0.359 e. The number of para-hydroxylation sites is 1. The molecule has 0 radical (unpaired) electrons. The lowest BCUT2D eigenvalue weighted by Crippen LogP contribution is -2.31. The lowest BCUT2D eigenvalue weighted by Gasteiger charge is -2.27. The van der Waals surface area contributed by atoms with Crippen molar-refractivity contribution in [1.29, 1.82) is 0 Å². The van der Waals surface area contributed by atoms with E-state index in [0.29, 0.717) is 29.6 Å². The molecule has 3 aromatic heterocycles. The van der Waals surface area contributed by atoms with Crippen LogP contribution in [0.1, 0.15) is 41.8 Å². The van der Waals surface area contributed by atoms with E-state index in [2.05, 4.69) is 15.0 Å². The Morgan fingerprint density at radius 2 is 1.70 bits per heavy atom. The Morgan fingerprint density at radius 3 is 2.35 bits per heavy atom. The Bertz CT molecular complexity index is 1700. The van der Waals surface area contributed by atoms with Crippen LogP contribution in [0.25, 0.3) is 27.8 Å². The number of H-pyrrole nitrogens is 1. The maximum atomic E-state index is 15.0. The minimum atomic E-state index is -4.54. The normalized spacial score (nSPS) is 13.7. The van der Waals surface area contributed by atoms with E-state index >= 15 is 0 Å². The van der Waals surface area contributed by atoms with Crippen LogP contribution in [0, 0.1) is 11.6 Å². The van der Waals surface area contributed by atoms with Gasteiger partial charge in [-0.15, -0.1) is 0 Å². The zero-order chi connectivity index (χ0) is 28.2. The summed E-state index contributed by atoms with van der Waals surface area (Å²) in [5.41, 5.74) is 4.72. The highest BCUT2D eigenvalue weighted by atomic mass is 19.4. The van der Waals surface area contributed by atoms with E-state index in [9.17, 15) is 22.0 Å². The number of nitrogens with one attached hydrogen (secondary N) is 1. The molecule has 6 nitrogen and oxygen atoms in total. The van der Waals surface area contributed by atoms with Crippen molar-refractivity contribution < 1.29 is 22.0 Å². The van der Waals surface area contributed by atoms with E-state index in [4.69, 9.17) is 5.10 Å². The third-order valence-corrected chi connectivity index (χ3v) is 7.45. The highest BCUT2D eigenvalue weighted by Crippen LogP contribution is 2.40. The summed E-state index contributed by atoms with van der Waals surface area (Å²) in [6.45, 7) is 4.76. The molecule has 40 heavy (non-hydrogen) atoms. The van der Waals surface area contributed by atoms with Gasteiger partial charge in [0.1, 0.15) is 0 Å². The van der Waals surface area contributed by atoms with Crippen LogP contribution in [0.15, 0.2) is 48.9 Å². The molecule has 5 aromatic rings. The van der Waals surface area contributed by atoms with Crippen LogP contribution in [0.2, 0.25) is 0 Å². The van der Waals surface area contributed by atoms with Crippen LogP contribution in [-0.2, 0) is 32.0 Å². The van der Waals surface area contributed by atoms with Crippen molar-refractivity contribution in [1.82, 2.24) is 24.7 Å². The predicted octanol–water partition coefficient (Wildman–Crippen LogP) is 6.80. The molecule has 1 aliphatic rings. The lowest BCUT2D eigenvalue weighted by atomic mass is 9.97. The van der Waals surface area contributed by atoms with E-state index in [0.717, 1.165) is 53.3 Å². The Balaban J connectivity index is 1.57. The van der Waals surface area contributed by atoms with Gasteiger partial charge in [0.2, 0.25) is 5.95 Å². The Morgan fingerprint density at radius 1 is 1.00 bits per heavy atom. The molecule has 4 heterocycles. The van der Waals surface area contributed by atoms with E-state index < -0.39 is 23.4 Å². The van der Waals surface area contributed by atoms with Crippen LogP contribution in [0.4, 0.5) is 27.9 Å². The summed E-state index contributed by atoms with van der Waals surface area (Å²) in [5.74, 6) is -1.81. The van der Waals surface area contributed by atoms with Gasteiger partial charge in [-0.2, -0.15) is 18.3 Å². The number of aryl methyl sites for hydroxylation is 2. The third-order valence-electron chi connectivity index (χ3n) is 7.45. The summed E-state index contributed by atoms with van der Waals surface area (Å²) in [6.07, 6.45) is 0.489. The minimum absolute atomic E-state index is 0.0507. The summed E-state index contributed by atoms with van der Waals surface area (Å²) < 4.78 is 70.8. The van der Waals surface area contributed by atoms with Crippen molar-refractivity contribution in [3.63, 3.8) is 0 Å². The highest BCUT2D eigenvalue weighted by molar-refractivity contribution is 5.96. The largest absolute Gasteiger partial charge is 0.419 e. The van der Waals surface area contributed by atoms with Gasteiger partial charge in [0.25, 0.3) is 0 Å². The van der Waals surface area contributed by atoms with Crippen LogP contribution < -0.4 is 4.90 Å². The minimum Gasteiger partial charge on any atom is -0.359 e. The monoisotopic (exact) mass is 552 g/mol. The maximum absolute atomic E-state index is 15.0. The first kappa shape index (κ1) is 26.0. The molecule has 0 unspecified atom stereocenters. The van der Waals surface area contributed by atoms with Gasteiger partial charge in [-0.1, -0.05) is 32.0 Å². The molecular formula is C29H25F5N6. The van der Waals surface area contributed by atoms with Crippen molar-refractivity contribution in [3.05, 3.63) is 88.5 Å². The number of alkyl halides is 3. The average molecular weight is 553 g/mol. The number of rotatable bonds is 5. The van der Waals surface area contributed by atoms with Gasteiger partial charge in [0, 0.05) is 54.6 Å². The van der Waals surface area contributed by atoms with Gasteiger partial charge in [-0.3, -0.25) is 0 Å². The molecule has 11 heteroatoms. The maximum Gasteiger partial charge on any atom is 0.419 e. The second-order valence-corrected chi connectivity index (χ2v) is 9.74. The predicted molar refractivity (Wildman–Crippen MR) is 141 cm³/mol. The summed E-state index contributed by atoms with van der Waals surface area (Å²) in [7, 11) is 0. The third kappa shape index (κ3) is 4.20. The van der Waals surface area contributed by atoms with E-state index in [1.807, 2.05) is 36.7 Å². The van der Waals surface area contributed by atoms with Gasteiger partial charge in [0.15, 0.2) is 11.6 Å². The molecule has 0 saturated heterocycles. The number of nitrogens with zero attached hydrogens (tertiary/aromatic N) is 5. The standard InChI is InChI=1S/C29H25F5N6/c1-3-16-6-5-7-17(4-2)26(16)40-27(20-12-22(30)24(31)25-19(20)8-10-35-25)21-15-39(11-9-23(21)38-40)28-36-13-18(14-37-28)29(32,33)34/h5-8,10,12-14,35H,3-4,9,11,15H2,1-2H3. The van der Waals surface area contributed by atoms with Crippen LogP contribution in [0.3, 0.4) is 0 Å². The molecule has 0 spiro atoms. The number of benzene rings is 2. The summed E-state index contributed by atoms with van der Waals surface area (Å²) in [5, 5.41) is 5.50. The second-order valence-electron chi connectivity index (χ2n) is 9.74. The first-order chi connectivity index (χ1) is 19.2.